The summed E-state index contributed by atoms with van der Waals surface area (Å²) in [4.78, 5) is 0. The van der Waals surface area contributed by atoms with Crippen LogP contribution < -0.4 is 5.32 Å². The van der Waals surface area contributed by atoms with Crippen molar-refractivity contribution >= 4 is 6.20 Å². The van der Waals surface area contributed by atoms with E-state index in [9.17, 15) is 0 Å². The highest BCUT2D eigenvalue weighted by Gasteiger charge is 2.19. The van der Waals surface area contributed by atoms with Gasteiger partial charge in [0.05, 0.1) is 6.20 Å². The Labute approximate surface area is 104 Å². The molecular weight excluding hydrogens is 210 g/mol. The number of hydrogen-bond acceptors (Lipinski definition) is 2. The number of nitrogens with one attached hydrogen (secondary N) is 1. The maximum absolute atomic E-state index is 4.19. The maximum atomic E-state index is 4.19. The van der Waals surface area contributed by atoms with E-state index < -0.39 is 0 Å². The molecule has 0 aromatic carbocycles. The second kappa shape index (κ2) is 6.01. The van der Waals surface area contributed by atoms with Crippen LogP contribution in [0.4, 0.5) is 0 Å². The molecule has 0 saturated heterocycles. The third-order valence-electron chi connectivity index (χ3n) is 3.77. The van der Waals surface area contributed by atoms with Crippen LogP contribution in [0.5, 0.6) is 0 Å². The van der Waals surface area contributed by atoms with Crippen molar-refractivity contribution in [2.24, 2.45) is 5.92 Å². The molecule has 0 amide bonds. The summed E-state index contributed by atoms with van der Waals surface area (Å²) >= 11 is 0. The van der Waals surface area contributed by atoms with Crippen molar-refractivity contribution in [1.82, 2.24) is 15.1 Å². The second-order valence-corrected chi connectivity index (χ2v) is 5.11. The summed E-state index contributed by atoms with van der Waals surface area (Å²) in [5.41, 5.74) is 1.24. The lowest BCUT2D eigenvalue weighted by molar-refractivity contribution is 0.356. The summed E-state index contributed by atoms with van der Waals surface area (Å²) in [6.45, 7) is 6.99. The molecule has 3 heteroatoms. The molecule has 3 nitrogen and oxygen atoms in total. The van der Waals surface area contributed by atoms with E-state index in [-0.39, 0.29) is 0 Å². The molecule has 2 atom stereocenters. The van der Waals surface area contributed by atoms with E-state index in [0.717, 1.165) is 12.5 Å². The zero-order valence-electron chi connectivity index (χ0n) is 10.7. The van der Waals surface area contributed by atoms with E-state index in [1.807, 2.05) is 12.4 Å². The molecule has 1 heterocycles. The molecule has 1 saturated carbocycles. The summed E-state index contributed by atoms with van der Waals surface area (Å²) in [5.74, 6) is 0.798. The van der Waals surface area contributed by atoms with Crippen molar-refractivity contribution in [3.05, 3.63) is 24.5 Å². The molecule has 2 unspecified atom stereocenters. The SMILES string of the molecule is C=Cn1cc(CNC2CCCCCC2C)cn1. The molecular formula is C14H23N3. The topological polar surface area (TPSA) is 29.9 Å². The van der Waals surface area contributed by atoms with Crippen LogP contribution in [0.2, 0.25) is 0 Å². The van der Waals surface area contributed by atoms with Crippen molar-refractivity contribution in [2.75, 3.05) is 0 Å². The number of hydrogen-bond donors (Lipinski definition) is 1. The average molecular weight is 233 g/mol. The first-order valence-corrected chi connectivity index (χ1v) is 6.68. The quantitative estimate of drug-likeness (QED) is 0.810. The van der Waals surface area contributed by atoms with Crippen LogP contribution in [0.15, 0.2) is 19.0 Å². The third-order valence-corrected chi connectivity index (χ3v) is 3.77. The van der Waals surface area contributed by atoms with Crippen molar-refractivity contribution in [3.8, 4) is 0 Å². The van der Waals surface area contributed by atoms with Crippen molar-refractivity contribution in [1.29, 1.82) is 0 Å². The lowest BCUT2D eigenvalue weighted by Gasteiger charge is -2.22. The highest BCUT2D eigenvalue weighted by atomic mass is 15.2. The standard InChI is InChI=1S/C14H23N3/c1-3-17-11-13(10-16-17)9-15-14-8-6-4-5-7-12(14)2/h3,10-12,14-15H,1,4-9H2,2H3. The number of rotatable bonds is 4. The Morgan fingerprint density at radius 1 is 1.47 bits per heavy atom. The van der Waals surface area contributed by atoms with E-state index in [2.05, 4.69) is 23.9 Å². The molecule has 17 heavy (non-hydrogen) atoms. The summed E-state index contributed by atoms with van der Waals surface area (Å²) in [5, 5.41) is 7.87. The molecule has 0 aliphatic heterocycles. The lowest BCUT2D eigenvalue weighted by Crippen LogP contribution is -2.33. The van der Waals surface area contributed by atoms with Gasteiger partial charge in [0, 0.05) is 30.5 Å². The Bertz CT molecular complexity index is 356. The first kappa shape index (κ1) is 12.4. The average Bonchev–Trinajstić information content (AvgIpc) is 2.70. The molecule has 1 aliphatic rings. The lowest BCUT2D eigenvalue weighted by atomic mass is 9.97. The van der Waals surface area contributed by atoms with Crippen molar-refractivity contribution < 1.29 is 0 Å². The molecule has 2 rings (SSSR count). The van der Waals surface area contributed by atoms with Gasteiger partial charge in [-0.3, -0.25) is 0 Å². The second-order valence-electron chi connectivity index (χ2n) is 5.11. The van der Waals surface area contributed by atoms with Gasteiger partial charge >= 0.3 is 0 Å². The van der Waals surface area contributed by atoms with Gasteiger partial charge in [0.15, 0.2) is 0 Å². The van der Waals surface area contributed by atoms with E-state index in [1.54, 1.807) is 10.9 Å². The van der Waals surface area contributed by atoms with Gasteiger partial charge in [0.2, 0.25) is 0 Å². The van der Waals surface area contributed by atoms with Crippen LogP contribution in [0.3, 0.4) is 0 Å². The van der Waals surface area contributed by atoms with Crippen molar-refractivity contribution in [3.63, 3.8) is 0 Å². The van der Waals surface area contributed by atoms with E-state index >= 15 is 0 Å². The van der Waals surface area contributed by atoms with Gasteiger partial charge in [-0.15, -0.1) is 0 Å². The molecule has 1 N–H and O–H groups in total. The van der Waals surface area contributed by atoms with Gasteiger partial charge in [-0.05, 0) is 18.8 Å². The van der Waals surface area contributed by atoms with Crippen LogP contribution in [-0.4, -0.2) is 15.8 Å². The Hall–Kier alpha value is -1.09. The molecule has 0 radical (unpaired) electrons. The van der Waals surface area contributed by atoms with Gasteiger partial charge in [-0.2, -0.15) is 5.10 Å². The zero-order chi connectivity index (χ0) is 12.1. The number of aromatic nitrogens is 2. The first-order valence-electron chi connectivity index (χ1n) is 6.68. The molecule has 1 fully saturated rings. The van der Waals surface area contributed by atoms with Crippen LogP contribution in [0, 0.1) is 5.92 Å². The highest BCUT2D eigenvalue weighted by Crippen LogP contribution is 2.23. The minimum absolute atomic E-state index is 0.671. The van der Waals surface area contributed by atoms with Gasteiger partial charge < -0.3 is 5.32 Å². The van der Waals surface area contributed by atoms with Gasteiger partial charge in [0.25, 0.3) is 0 Å². The van der Waals surface area contributed by atoms with Gasteiger partial charge in [0.1, 0.15) is 0 Å². The van der Waals surface area contributed by atoms with E-state index in [0.29, 0.717) is 6.04 Å². The summed E-state index contributed by atoms with van der Waals surface area (Å²) in [6, 6.07) is 0.671. The Morgan fingerprint density at radius 2 is 2.29 bits per heavy atom. The van der Waals surface area contributed by atoms with Crippen molar-refractivity contribution in [2.45, 2.75) is 51.6 Å². The van der Waals surface area contributed by atoms with Crippen LogP contribution in [0.1, 0.15) is 44.6 Å². The zero-order valence-corrected chi connectivity index (χ0v) is 10.7. The Balaban J connectivity index is 1.85. The summed E-state index contributed by atoms with van der Waals surface area (Å²) in [7, 11) is 0. The van der Waals surface area contributed by atoms with Crippen LogP contribution >= 0.6 is 0 Å². The Kier molecular flexibility index (Phi) is 4.37. The molecule has 1 aromatic heterocycles. The predicted molar refractivity (Wildman–Crippen MR) is 71.5 cm³/mol. The fourth-order valence-corrected chi connectivity index (χ4v) is 2.61. The third kappa shape index (κ3) is 3.43. The molecule has 1 aliphatic carbocycles. The van der Waals surface area contributed by atoms with Gasteiger partial charge in [-0.1, -0.05) is 32.8 Å². The number of nitrogens with zero attached hydrogens (tertiary/aromatic N) is 2. The first-order chi connectivity index (χ1) is 8.29. The summed E-state index contributed by atoms with van der Waals surface area (Å²) in [6.07, 6.45) is 12.5. The smallest absolute Gasteiger partial charge is 0.0538 e. The van der Waals surface area contributed by atoms with Gasteiger partial charge in [-0.25, -0.2) is 4.68 Å². The van der Waals surface area contributed by atoms with E-state index in [4.69, 9.17) is 0 Å². The normalized spacial score (nSPS) is 25.5. The monoisotopic (exact) mass is 233 g/mol. The fraction of sp³-hybridized carbons (Fsp3) is 0.643. The summed E-state index contributed by atoms with van der Waals surface area (Å²) < 4.78 is 1.76. The molecule has 94 valence electrons. The Morgan fingerprint density at radius 3 is 3.06 bits per heavy atom. The fourth-order valence-electron chi connectivity index (χ4n) is 2.61. The minimum Gasteiger partial charge on any atom is -0.310 e. The van der Waals surface area contributed by atoms with Crippen LogP contribution in [-0.2, 0) is 6.54 Å². The minimum atomic E-state index is 0.671. The molecule has 0 spiro atoms. The predicted octanol–water partition coefficient (Wildman–Crippen LogP) is 3.04. The van der Waals surface area contributed by atoms with Crippen LogP contribution in [0.25, 0.3) is 6.20 Å². The van der Waals surface area contributed by atoms with E-state index in [1.165, 1.54) is 37.7 Å². The largest absolute Gasteiger partial charge is 0.310 e. The molecule has 0 bridgehead atoms. The maximum Gasteiger partial charge on any atom is 0.0538 e. The highest BCUT2D eigenvalue weighted by molar-refractivity contribution is 5.17. The molecule has 1 aromatic rings.